The smallest absolute Gasteiger partial charge is 0.138 e. The van der Waals surface area contributed by atoms with Gasteiger partial charge in [0.25, 0.3) is 0 Å². The molecule has 1 aliphatic heterocycles. The van der Waals surface area contributed by atoms with Crippen molar-refractivity contribution in [3.05, 3.63) is 29.3 Å². The van der Waals surface area contributed by atoms with Gasteiger partial charge in [0.2, 0.25) is 0 Å². The Morgan fingerprint density at radius 2 is 2.38 bits per heavy atom. The third-order valence-corrected chi connectivity index (χ3v) is 2.71. The molecule has 2 rings (SSSR count). The number of ether oxygens (including phenoxy) is 1. The molecule has 0 saturated carbocycles. The highest BCUT2D eigenvalue weighted by atomic mass is 16.5. The fourth-order valence-electron chi connectivity index (χ4n) is 1.87. The van der Waals surface area contributed by atoms with E-state index in [4.69, 9.17) is 10.5 Å². The molecule has 16 heavy (non-hydrogen) atoms. The standard InChI is InChI=1S/C14H17NO/c1-2-4-13(15)8-7-11-5-3-6-12-9-10-16-14(11)12/h3,5-6,13H,2,4,9-10,15H2,1H3. The highest BCUT2D eigenvalue weighted by Gasteiger charge is 2.14. The molecular formula is C14H17NO. The second kappa shape index (κ2) is 5.05. The van der Waals surface area contributed by atoms with Crippen LogP contribution in [0.1, 0.15) is 30.9 Å². The summed E-state index contributed by atoms with van der Waals surface area (Å²) in [5.41, 5.74) is 8.10. The van der Waals surface area contributed by atoms with E-state index in [9.17, 15) is 0 Å². The zero-order valence-electron chi connectivity index (χ0n) is 9.62. The molecule has 1 aliphatic rings. The van der Waals surface area contributed by atoms with Crippen molar-refractivity contribution in [3.63, 3.8) is 0 Å². The van der Waals surface area contributed by atoms with Gasteiger partial charge in [0.1, 0.15) is 5.75 Å². The molecule has 2 N–H and O–H groups in total. The number of fused-ring (bicyclic) bond motifs is 1. The summed E-state index contributed by atoms with van der Waals surface area (Å²) >= 11 is 0. The van der Waals surface area contributed by atoms with Crippen molar-refractivity contribution < 1.29 is 4.74 Å². The average Bonchev–Trinajstić information content (AvgIpc) is 2.75. The Kier molecular flexibility index (Phi) is 3.48. The molecule has 1 aromatic rings. The third kappa shape index (κ3) is 2.37. The van der Waals surface area contributed by atoms with Crippen LogP contribution in [0.4, 0.5) is 0 Å². The normalized spacial score (nSPS) is 14.6. The van der Waals surface area contributed by atoms with Gasteiger partial charge in [-0.3, -0.25) is 0 Å². The van der Waals surface area contributed by atoms with Gasteiger partial charge in [-0.25, -0.2) is 0 Å². The first kappa shape index (κ1) is 11.0. The van der Waals surface area contributed by atoms with Gasteiger partial charge in [-0.15, -0.1) is 0 Å². The van der Waals surface area contributed by atoms with E-state index in [-0.39, 0.29) is 6.04 Å². The van der Waals surface area contributed by atoms with Gasteiger partial charge in [0, 0.05) is 6.42 Å². The second-order valence-electron chi connectivity index (χ2n) is 4.06. The van der Waals surface area contributed by atoms with Gasteiger partial charge in [0.15, 0.2) is 0 Å². The maximum absolute atomic E-state index is 5.86. The summed E-state index contributed by atoms with van der Waals surface area (Å²) in [7, 11) is 0. The summed E-state index contributed by atoms with van der Waals surface area (Å²) in [6, 6.07) is 6.10. The molecule has 0 radical (unpaired) electrons. The van der Waals surface area contributed by atoms with E-state index < -0.39 is 0 Å². The van der Waals surface area contributed by atoms with Gasteiger partial charge < -0.3 is 10.5 Å². The van der Waals surface area contributed by atoms with Crippen LogP contribution >= 0.6 is 0 Å². The molecule has 1 atom stereocenters. The molecule has 84 valence electrons. The number of nitrogens with two attached hydrogens (primary N) is 1. The van der Waals surface area contributed by atoms with Gasteiger partial charge in [-0.2, -0.15) is 0 Å². The zero-order valence-corrected chi connectivity index (χ0v) is 9.62. The summed E-state index contributed by atoms with van der Waals surface area (Å²) in [5, 5.41) is 0. The lowest BCUT2D eigenvalue weighted by Crippen LogP contribution is -2.16. The minimum absolute atomic E-state index is 0.0257. The SMILES string of the molecule is CCCC(N)C#Cc1cccc2c1OCC2. The van der Waals surface area contributed by atoms with Crippen molar-refractivity contribution in [2.24, 2.45) is 5.73 Å². The van der Waals surface area contributed by atoms with Crippen LogP contribution in [-0.4, -0.2) is 12.6 Å². The predicted molar refractivity (Wildman–Crippen MR) is 65.4 cm³/mol. The fraction of sp³-hybridized carbons (Fsp3) is 0.429. The minimum atomic E-state index is -0.0257. The minimum Gasteiger partial charge on any atom is -0.492 e. The molecule has 0 saturated heterocycles. The molecule has 2 heteroatoms. The summed E-state index contributed by atoms with van der Waals surface area (Å²) in [6.07, 6.45) is 3.01. The summed E-state index contributed by atoms with van der Waals surface area (Å²) < 4.78 is 5.58. The quantitative estimate of drug-likeness (QED) is 0.767. The number of para-hydroxylation sites is 1. The molecule has 0 bridgehead atoms. The lowest BCUT2D eigenvalue weighted by atomic mass is 10.1. The molecule has 1 heterocycles. The predicted octanol–water partition coefficient (Wildman–Crippen LogP) is 2.10. The summed E-state index contributed by atoms with van der Waals surface area (Å²) in [5.74, 6) is 7.16. The Balaban J connectivity index is 2.19. The van der Waals surface area contributed by atoms with Crippen molar-refractivity contribution in [1.82, 2.24) is 0 Å². The number of rotatable bonds is 2. The Bertz CT molecular complexity index is 428. The summed E-state index contributed by atoms with van der Waals surface area (Å²) in [4.78, 5) is 0. The lowest BCUT2D eigenvalue weighted by molar-refractivity contribution is 0.356. The Labute approximate surface area is 96.8 Å². The van der Waals surface area contributed by atoms with Gasteiger partial charge in [-0.05, 0) is 18.1 Å². The highest BCUT2D eigenvalue weighted by molar-refractivity contribution is 5.52. The van der Waals surface area contributed by atoms with Gasteiger partial charge >= 0.3 is 0 Å². The molecule has 0 fully saturated rings. The van der Waals surface area contributed by atoms with Crippen LogP contribution in [-0.2, 0) is 6.42 Å². The largest absolute Gasteiger partial charge is 0.492 e. The van der Waals surface area contributed by atoms with Crippen LogP contribution in [0.5, 0.6) is 5.75 Å². The van der Waals surface area contributed by atoms with Crippen LogP contribution in [0, 0.1) is 11.8 Å². The maximum atomic E-state index is 5.86. The average molecular weight is 215 g/mol. The van der Waals surface area contributed by atoms with Gasteiger partial charge in [0.05, 0.1) is 18.2 Å². The molecular weight excluding hydrogens is 198 g/mol. The van der Waals surface area contributed by atoms with E-state index in [1.807, 2.05) is 12.1 Å². The first-order valence-electron chi connectivity index (χ1n) is 5.83. The van der Waals surface area contributed by atoms with E-state index in [0.29, 0.717) is 0 Å². The van der Waals surface area contributed by atoms with Crippen LogP contribution < -0.4 is 10.5 Å². The number of benzene rings is 1. The zero-order chi connectivity index (χ0) is 11.4. The maximum Gasteiger partial charge on any atom is 0.138 e. The van der Waals surface area contributed by atoms with Crippen LogP contribution in [0.15, 0.2) is 18.2 Å². The first-order chi connectivity index (χ1) is 7.81. The van der Waals surface area contributed by atoms with E-state index in [1.54, 1.807) is 0 Å². The molecule has 2 nitrogen and oxygen atoms in total. The Hall–Kier alpha value is -1.46. The topological polar surface area (TPSA) is 35.2 Å². The van der Waals surface area contributed by atoms with E-state index in [0.717, 1.165) is 37.2 Å². The van der Waals surface area contributed by atoms with E-state index in [1.165, 1.54) is 5.56 Å². The Morgan fingerprint density at radius 1 is 1.50 bits per heavy atom. The van der Waals surface area contributed by atoms with Crippen LogP contribution in [0.25, 0.3) is 0 Å². The molecule has 1 unspecified atom stereocenters. The molecule has 1 aromatic carbocycles. The molecule has 0 amide bonds. The van der Waals surface area contributed by atoms with E-state index in [2.05, 4.69) is 24.8 Å². The number of hydrogen-bond donors (Lipinski definition) is 1. The van der Waals surface area contributed by atoms with Gasteiger partial charge in [-0.1, -0.05) is 37.3 Å². The van der Waals surface area contributed by atoms with Crippen molar-refractivity contribution in [3.8, 4) is 17.6 Å². The second-order valence-corrected chi connectivity index (χ2v) is 4.06. The van der Waals surface area contributed by atoms with Crippen molar-refractivity contribution >= 4 is 0 Å². The van der Waals surface area contributed by atoms with Crippen LogP contribution in [0.2, 0.25) is 0 Å². The fourth-order valence-corrected chi connectivity index (χ4v) is 1.87. The molecule has 0 aliphatic carbocycles. The lowest BCUT2D eigenvalue weighted by Gasteiger charge is -2.02. The Morgan fingerprint density at radius 3 is 3.19 bits per heavy atom. The molecule has 0 spiro atoms. The van der Waals surface area contributed by atoms with Crippen LogP contribution in [0.3, 0.4) is 0 Å². The van der Waals surface area contributed by atoms with Crippen molar-refractivity contribution in [1.29, 1.82) is 0 Å². The number of hydrogen-bond acceptors (Lipinski definition) is 2. The van der Waals surface area contributed by atoms with E-state index >= 15 is 0 Å². The van der Waals surface area contributed by atoms with Crippen molar-refractivity contribution in [2.75, 3.05) is 6.61 Å². The first-order valence-corrected chi connectivity index (χ1v) is 5.83. The monoisotopic (exact) mass is 215 g/mol. The third-order valence-electron chi connectivity index (χ3n) is 2.71. The summed E-state index contributed by atoms with van der Waals surface area (Å²) in [6.45, 7) is 2.89. The van der Waals surface area contributed by atoms with Crippen molar-refractivity contribution in [2.45, 2.75) is 32.2 Å². The highest BCUT2D eigenvalue weighted by Crippen LogP contribution is 2.28. The molecule has 0 aromatic heterocycles.